The summed E-state index contributed by atoms with van der Waals surface area (Å²) in [5, 5.41) is 11.1. The van der Waals surface area contributed by atoms with Crippen molar-refractivity contribution in [2.24, 2.45) is 5.92 Å². The summed E-state index contributed by atoms with van der Waals surface area (Å²) in [6, 6.07) is 6.02. The minimum absolute atomic E-state index is 0.285. The standard InChI is InChI=1S/C13H15NO5/c1-3-19-13(18)9-4-6-10(7-5-9)14-11(15)8(2)12(16)17/h4-8H,3H2,1-2H3,(H,14,15)(H,16,17). The van der Waals surface area contributed by atoms with Gasteiger partial charge in [0.25, 0.3) is 0 Å². The van der Waals surface area contributed by atoms with Crippen LogP contribution in [0.3, 0.4) is 0 Å². The highest BCUT2D eigenvalue weighted by atomic mass is 16.5. The van der Waals surface area contributed by atoms with Crippen LogP contribution in [0.2, 0.25) is 0 Å². The molecule has 0 heterocycles. The van der Waals surface area contributed by atoms with Crippen molar-refractivity contribution in [3.05, 3.63) is 29.8 Å². The Morgan fingerprint density at radius 1 is 1.26 bits per heavy atom. The van der Waals surface area contributed by atoms with Gasteiger partial charge in [-0.25, -0.2) is 4.79 Å². The maximum atomic E-state index is 11.5. The lowest BCUT2D eigenvalue weighted by Gasteiger charge is -2.08. The Bertz CT molecular complexity index is 480. The highest BCUT2D eigenvalue weighted by molar-refractivity contribution is 6.04. The number of rotatable bonds is 5. The van der Waals surface area contributed by atoms with Gasteiger partial charge in [0.05, 0.1) is 12.2 Å². The van der Waals surface area contributed by atoms with Crippen LogP contribution in [0.25, 0.3) is 0 Å². The number of ether oxygens (including phenoxy) is 1. The lowest BCUT2D eigenvalue weighted by molar-refractivity contribution is -0.144. The van der Waals surface area contributed by atoms with E-state index in [1.165, 1.54) is 31.2 Å². The monoisotopic (exact) mass is 265 g/mol. The SMILES string of the molecule is CCOC(=O)c1ccc(NC(=O)C(C)C(=O)O)cc1. The van der Waals surface area contributed by atoms with Gasteiger partial charge < -0.3 is 15.2 Å². The van der Waals surface area contributed by atoms with Crippen LogP contribution in [0.1, 0.15) is 24.2 Å². The highest BCUT2D eigenvalue weighted by Crippen LogP contribution is 2.12. The molecule has 1 unspecified atom stereocenters. The number of anilines is 1. The van der Waals surface area contributed by atoms with Gasteiger partial charge in [0, 0.05) is 5.69 Å². The van der Waals surface area contributed by atoms with Gasteiger partial charge in [-0.05, 0) is 38.1 Å². The van der Waals surface area contributed by atoms with E-state index in [0.29, 0.717) is 11.3 Å². The van der Waals surface area contributed by atoms with E-state index >= 15 is 0 Å². The second-order valence-electron chi connectivity index (χ2n) is 3.85. The van der Waals surface area contributed by atoms with Gasteiger partial charge in [0.1, 0.15) is 5.92 Å². The zero-order chi connectivity index (χ0) is 14.4. The lowest BCUT2D eigenvalue weighted by Crippen LogP contribution is -2.26. The smallest absolute Gasteiger partial charge is 0.338 e. The number of hydrogen-bond donors (Lipinski definition) is 2. The molecule has 6 nitrogen and oxygen atoms in total. The summed E-state index contributed by atoms with van der Waals surface area (Å²) >= 11 is 0. The minimum atomic E-state index is -1.19. The quantitative estimate of drug-likeness (QED) is 0.622. The van der Waals surface area contributed by atoms with Crippen molar-refractivity contribution in [1.82, 2.24) is 0 Å². The Hall–Kier alpha value is -2.37. The Labute approximate surface area is 110 Å². The first-order valence-electron chi connectivity index (χ1n) is 5.76. The number of aliphatic carboxylic acids is 1. The van der Waals surface area contributed by atoms with Crippen LogP contribution >= 0.6 is 0 Å². The number of nitrogens with one attached hydrogen (secondary N) is 1. The molecular weight excluding hydrogens is 250 g/mol. The van der Waals surface area contributed by atoms with Gasteiger partial charge >= 0.3 is 11.9 Å². The molecule has 1 atom stereocenters. The number of carboxylic acid groups (broad SMARTS) is 1. The van der Waals surface area contributed by atoms with Crippen LogP contribution in [0.15, 0.2) is 24.3 Å². The normalized spacial score (nSPS) is 11.5. The second kappa shape index (κ2) is 6.53. The van der Waals surface area contributed by atoms with Crippen molar-refractivity contribution in [3.8, 4) is 0 Å². The third kappa shape index (κ3) is 4.09. The van der Waals surface area contributed by atoms with Crippen molar-refractivity contribution in [3.63, 3.8) is 0 Å². The molecule has 1 amide bonds. The van der Waals surface area contributed by atoms with Gasteiger partial charge in [0.15, 0.2) is 0 Å². The number of hydrogen-bond acceptors (Lipinski definition) is 4. The summed E-state index contributed by atoms with van der Waals surface area (Å²) in [6.45, 7) is 3.29. The van der Waals surface area contributed by atoms with Crippen molar-refractivity contribution >= 4 is 23.5 Å². The fraction of sp³-hybridized carbons (Fsp3) is 0.308. The molecule has 0 aromatic heterocycles. The van der Waals surface area contributed by atoms with E-state index in [4.69, 9.17) is 9.84 Å². The Kier molecular flexibility index (Phi) is 5.05. The van der Waals surface area contributed by atoms with Gasteiger partial charge in [-0.3, -0.25) is 9.59 Å². The minimum Gasteiger partial charge on any atom is -0.481 e. The van der Waals surface area contributed by atoms with Crippen LogP contribution < -0.4 is 5.32 Å². The molecule has 19 heavy (non-hydrogen) atoms. The van der Waals surface area contributed by atoms with Gasteiger partial charge in [0.2, 0.25) is 5.91 Å². The van der Waals surface area contributed by atoms with E-state index in [0.717, 1.165) is 0 Å². The molecule has 0 aliphatic carbocycles. The fourth-order valence-electron chi connectivity index (χ4n) is 1.27. The number of carbonyl (C=O) groups excluding carboxylic acids is 2. The predicted octanol–water partition coefficient (Wildman–Crippen LogP) is 1.52. The molecule has 0 spiro atoms. The molecule has 0 saturated carbocycles. The molecule has 0 fully saturated rings. The number of benzene rings is 1. The average molecular weight is 265 g/mol. The molecule has 0 bridgehead atoms. The molecule has 102 valence electrons. The Balaban J connectivity index is 2.69. The van der Waals surface area contributed by atoms with E-state index in [-0.39, 0.29) is 6.61 Å². The first kappa shape index (κ1) is 14.7. The topological polar surface area (TPSA) is 92.7 Å². The van der Waals surface area contributed by atoms with E-state index < -0.39 is 23.8 Å². The zero-order valence-electron chi connectivity index (χ0n) is 10.7. The van der Waals surface area contributed by atoms with E-state index in [1.807, 2.05) is 0 Å². The van der Waals surface area contributed by atoms with Crippen LogP contribution in [0, 0.1) is 5.92 Å². The largest absolute Gasteiger partial charge is 0.481 e. The average Bonchev–Trinajstić information content (AvgIpc) is 2.38. The summed E-state index contributed by atoms with van der Waals surface area (Å²) in [6.07, 6.45) is 0. The lowest BCUT2D eigenvalue weighted by atomic mass is 10.1. The first-order valence-corrected chi connectivity index (χ1v) is 5.76. The summed E-state index contributed by atoms with van der Waals surface area (Å²) in [7, 11) is 0. The molecule has 0 aliphatic heterocycles. The number of amides is 1. The molecule has 1 aromatic rings. The third-order valence-corrected chi connectivity index (χ3v) is 2.43. The molecular formula is C13H15NO5. The molecule has 1 rings (SSSR count). The third-order valence-electron chi connectivity index (χ3n) is 2.43. The van der Waals surface area contributed by atoms with Gasteiger partial charge in [-0.2, -0.15) is 0 Å². The van der Waals surface area contributed by atoms with Crippen LogP contribution in [-0.2, 0) is 14.3 Å². The molecule has 6 heteroatoms. The van der Waals surface area contributed by atoms with Crippen molar-refractivity contribution in [2.45, 2.75) is 13.8 Å². The maximum absolute atomic E-state index is 11.5. The second-order valence-corrected chi connectivity index (χ2v) is 3.85. The summed E-state index contributed by atoms with van der Waals surface area (Å²) in [4.78, 5) is 33.5. The van der Waals surface area contributed by atoms with Crippen molar-refractivity contribution < 1.29 is 24.2 Å². The molecule has 0 saturated heterocycles. The first-order chi connectivity index (χ1) is 8.95. The highest BCUT2D eigenvalue weighted by Gasteiger charge is 2.20. The van der Waals surface area contributed by atoms with E-state index in [2.05, 4.69) is 5.32 Å². The van der Waals surface area contributed by atoms with Crippen LogP contribution in [-0.4, -0.2) is 29.6 Å². The Morgan fingerprint density at radius 3 is 2.32 bits per heavy atom. The van der Waals surface area contributed by atoms with Gasteiger partial charge in [-0.1, -0.05) is 0 Å². The maximum Gasteiger partial charge on any atom is 0.338 e. The number of carboxylic acids is 1. The molecule has 0 aliphatic rings. The predicted molar refractivity (Wildman–Crippen MR) is 67.8 cm³/mol. The van der Waals surface area contributed by atoms with Crippen molar-refractivity contribution in [1.29, 1.82) is 0 Å². The molecule has 1 aromatic carbocycles. The van der Waals surface area contributed by atoms with E-state index in [9.17, 15) is 14.4 Å². The Morgan fingerprint density at radius 2 is 1.84 bits per heavy atom. The molecule has 2 N–H and O–H groups in total. The summed E-state index contributed by atoms with van der Waals surface area (Å²) < 4.78 is 4.81. The summed E-state index contributed by atoms with van der Waals surface area (Å²) in [5.41, 5.74) is 0.789. The van der Waals surface area contributed by atoms with Crippen LogP contribution in [0.4, 0.5) is 5.69 Å². The molecule has 0 radical (unpaired) electrons. The van der Waals surface area contributed by atoms with Gasteiger partial charge in [-0.15, -0.1) is 0 Å². The fourth-order valence-corrected chi connectivity index (χ4v) is 1.27. The van der Waals surface area contributed by atoms with Crippen LogP contribution in [0.5, 0.6) is 0 Å². The van der Waals surface area contributed by atoms with Crippen molar-refractivity contribution in [2.75, 3.05) is 11.9 Å². The summed E-state index contributed by atoms with van der Waals surface area (Å²) in [5.74, 6) is -3.39. The zero-order valence-corrected chi connectivity index (χ0v) is 10.7. The number of carbonyl (C=O) groups is 3. The van der Waals surface area contributed by atoms with E-state index in [1.54, 1.807) is 6.92 Å². The number of esters is 1.